The molecule has 4 aliphatic rings. The van der Waals surface area contributed by atoms with Crippen LogP contribution in [0.3, 0.4) is 0 Å². The molecule has 0 radical (unpaired) electrons. The number of halogens is 1. The zero-order valence-electron chi connectivity index (χ0n) is 16.7. The molecule has 0 spiro atoms. The van der Waals surface area contributed by atoms with Crippen molar-refractivity contribution in [2.75, 3.05) is 58.9 Å². The lowest BCUT2D eigenvalue weighted by atomic mass is 9.95. The first-order valence-electron chi connectivity index (χ1n) is 10.7. The van der Waals surface area contributed by atoms with E-state index in [9.17, 15) is 4.79 Å². The number of amides is 1. The van der Waals surface area contributed by atoms with Gasteiger partial charge in [0.15, 0.2) is 0 Å². The number of nitrogens with two attached hydrogens (primary N) is 1. The number of likely N-dealkylation sites (N-methyl/N-ethyl adjacent to an activating group) is 1. The number of nitrogens with one attached hydrogen (secondary N) is 4. The molecule has 28 heavy (non-hydrogen) atoms. The summed E-state index contributed by atoms with van der Waals surface area (Å²) in [7, 11) is 0. The lowest BCUT2D eigenvalue weighted by Crippen LogP contribution is -3.15. The van der Waals surface area contributed by atoms with Crippen LogP contribution in [0.15, 0.2) is 0 Å². The van der Waals surface area contributed by atoms with Crippen LogP contribution in [0.25, 0.3) is 5.43 Å². The van der Waals surface area contributed by atoms with E-state index in [1.807, 2.05) is 0 Å². The van der Waals surface area contributed by atoms with Crippen molar-refractivity contribution in [3.8, 4) is 0 Å². The molecule has 4 rings (SSSR count). The highest BCUT2D eigenvalue weighted by molar-refractivity contribution is 6.20. The molecule has 10 heteroatoms. The van der Waals surface area contributed by atoms with Crippen molar-refractivity contribution in [1.82, 2.24) is 25.8 Å². The average molecular weight is 415 g/mol. The molecule has 0 aromatic carbocycles. The van der Waals surface area contributed by atoms with Gasteiger partial charge in [-0.05, 0) is 25.7 Å². The third-order valence-corrected chi connectivity index (χ3v) is 7.10. The van der Waals surface area contributed by atoms with Gasteiger partial charge in [-0.25, -0.2) is 0 Å². The predicted molar refractivity (Wildman–Crippen MR) is 109 cm³/mol. The summed E-state index contributed by atoms with van der Waals surface area (Å²) in [4.78, 5) is 18.2. The van der Waals surface area contributed by atoms with Crippen molar-refractivity contribution in [3.63, 3.8) is 0 Å². The monoisotopic (exact) mass is 414 g/mol. The number of alkyl halides is 1. The minimum absolute atomic E-state index is 0.0164. The van der Waals surface area contributed by atoms with Crippen LogP contribution >= 0.6 is 11.6 Å². The minimum atomic E-state index is -0.488. The largest absolute Gasteiger partial charge is 0.436 e. The number of carbonyl (C=O) groups excluding carboxylic acids is 1. The second-order valence-electron chi connectivity index (χ2n) is 8.47. The van der Waals surface area contributed by atoms with Crippen LogP contribution in [-0.4, -0.2) is 104 Å². The van der Waals surface area contributed by atoms with Gasteiger partial charge in [-0.15, -0.1) is 11.6 Å². The zero-order valence-corrected chi connectivity index (χ0v) is 17.5. The first-order chi connectivity index (χ1) is 13.6. The smallest absolute Gasteiger partial charge is 0.230 e. The molecule has 1 amide bonds. The number of piperazine rings is 1. The highest BCUT2D eigenvalue weighted by atomic mass is 35.5. The predicted octanol–water partition coefficient (Wildman–Crippen LogP) is -2.90. The molecule has 7 unspecified atom stereocenters. The number of quaternary nitrogens is 1. The van der Waals surface area contributed by atoms with Gasteiger partial charge >= 0.3 is 0 Å². The Labute approximate surface area is 172 Å². The molecular formula is C18H35ClN8O. The number of carbonyl (C=O) groups is 1. The minimum Gasteiger partial charge on any atom is -0.436 e. The maximum absolute atomic E-state index is 13.2. The van der Waals surface area contributed by atoms with Gasteiger partial charge in [0.05, 0.1) is 18.0 Å². The maximum atomic E-state index is 13.2. The molecule has 0 aromatic heterocycles. The highest BCUT2D eigenvalue weighted by Gasteiger charge is 2.45. The van der Waals surface area contributed by atoms with E-state index in [0.29, 0.717) is 19.1 Å². The van der Waals surface area contributed by atoms with E-state index >= 15 is 0 Å². The normalized spacial score (nSPS) is 42.9. The Hall–Kier alpha value is -0.520. The van der Waals surface area contributed by atoms with E-state index in [1.54, 1.807) is 0 Å². The number of nitrogens with zero attached hydrogens (tertiary/aromatic N) is 3. The number of fused-ring (bicyclic) bond motifs is 1. The van der Waals surface area contributed by atoms with Gasteiger partial charge in [-0.3, -0.25) is 15.0 Å². The summed E-state index contributed by atoms with van der Waals surface area (Å²) in [6.45, 7) is 10.9. The molecule has 7 atom stereocenters. The van der Waals surface area contributed by atoms with Gasteiger partial charge in [0.2, 0.25) is 5.91 Å². The Bertz CT molecular complexity index is 546. The van der Waals surface area contributed by atoms with E-state index in [4.69, 9.17) is 17.3 Å². The van der Waals surface area contributed by atoms with Crippen molar-refractivity contribution in [2.45, 2.75) is 43.1 Å². The molecule has 0 saturated carbocycles. The van der Waals surface area contributed by atoms with Crippen LogP contribution in [0.4, 0.5) is 0 Å². The summed E-state index contributed by atoms with van der Waals surface area (Å²) in [5.41, 5.74) is 10.8. The first kappa shape index (κ1) is 20.7. The van der Waals surface area contributed by atoms with E-state index in [-0.39, 0.29) is 29.4 Å². The zero-order chi connectivity index (χ0) is 19.7. The van der Waals surface area contributed by atoms with Crippen LogP contribution < -0.4 is 26.7 Å². The second kappa shape index (κ2) is 9.09. The van der Waals surface area contributed by atoms with Crippen LogP contribution in [0.1, 0.15) is 13.3 Å². The van der Waals surface area contributed by atoms with Crippen LogP contribution in [-0.2, 0) is 4.79 Å². The fourth-order valence-corrected chi connectivity index (χ4v) is 5.41. The van der Waals surface area contributed by atoms with Gasteiger partial charge in [0.1, 0.15) is 12.1 Å². The van der Waals surface area contributed by atoms with E-state index < -0.39 is 6.17 Å². The lowest BCUT2D eigenvalue weighted by molar-refractivity contribution is -0.888. The molecule has 4 fully saturated rings. The Morgan fingerprint density at radius 1 is 1.32 bits per heavy atom. The fourth-order valence-electron chi connectivity index (χ4n) is 5.16. The van der Waals surface area contributed by atoms with Gasteiger partial charge in [-0.1, -0.05) is 6.92 Å². The number of rotatable bonds is 4. The summed E-state index contributed by atoms with van der Waals surface area (Å²) in [6, 6.07) is 0.490. The molecule has 6 N–H and O–H groups in total. The Kier molecular flexibility index (Phi) is 6.74. The summed E-state index contributed by atoms with van der Waals surface area (Å²) in [6.07, 6.45) is 0.496. The number of hydrogen-bond donors (Lipinski definition) is 5. The summed E-state index contributed by atoms with van der Waals surface area (Å²) < 4.78 is 0. The summed E-state index contributed by atoms with van der Waals surface area (Å²) >= 11 is 6.24. The van der Waals surface area contributed by atoms with Crippen LogP contribution in [0.5, 0.6) is 0 Å². The average Bonchev–Trinajstić information content (AvgIpc) is 3.03. The molecule has 0 aromatic rings. The topological polar surface area (TPSA) is 104 Å². The van der Waals surface area contributed by atoms with Gasteiger partial charge in [-0.2, -0.15) is 0 Å². The molecule has 160 valence electrons. The molecule has 9 nitrogen and oxygen atoms in total. The van der Waals surface area contributed by atoms with Crippen molar-refractivity contribution in [2.24, 2.45) is 11.7 Å². The fraction of sp³-hybridized carbons (Fsp3) is 0.944. The lowest BCUT2D eigenvalue weighted by Gasteiger charge is -2.44. The Morgan fingerprint density at radius 3 is 2.86 bits per heavy atom. The standard InChI is InChI=1S/C18H35ClN8O/c1-2-25-5-7-26(8-6-25)14-3-4-21-10-13(14)23-18(28)15-16(20)24-27-11-12(19)9-22-17(15)27/h12-17,21-22,27H,2-11,20H2,1H3,(H,23,28). The Morgan fingerprint density at radius 2 is 2.11 bits per heavy atom. The molecule has 0 aliphatic carbocycles. The molecule has 4 aliphatic heterocycles. The van der Waals surface area contributed by atoms with Crippen molar-refractivity contribution in [1.29, 1.82) is 0 Å². The highest BCUT2D eigenvalue weighted by Crippen LogP contribution is 2.20. The van der Waals surface area contributed by atoms with E-state index in [0.717, 1.165) is 57.2 Å². The van der Waals surface area contributed by atoms with Gasteiger partial charge in [0.25, 0.3) is 0 Å². The summed E-state index contributed by atoms with van der Waals surface area (Å²) in [5.74, 6) is -0.332. The van der Waals surface area contributed by atoms with E-state index in [2.05, 4.69) is 38.1 Å². The first-order valence-corrected chi connectivity index (χ1v) is 11.2. The van der Waals surface area contributed by atoms with Crippen molar-refractivity contribution in [3.05, 3.63) is 5.43 Å². The molecule has 4 heterocycles. The van der Waals surface area contributed by atoms with Crippen LogP contribution in [0, 0.1) is 5.92 Å². The van der Waals surface area contributed by atoms with Crippen LogP contribution in [0.2, 0.25) is 0 Å². The summed E-state index contributed by atoms with van der Waals surface area (Å²) in [5, 5.41) is 11.1. The number of piperidine rings is 1. The third kappa shape index (κ3) is 4.32. The SMILES string of the molecule is CCN1CCN(C2CCNCC2NC(=O)C2C(N)[N-][NH+]3CC(Cl)CNC23)CC1. The number of hydrogen-bond acceptors (Lipinski definition) is 6. The quantitative estimate of drug-likeness (QED) is 0.316. The molecule has 0 bridgehead atoms. The van der Waals surface area contributed by atoms with Crippen molar-refractivity contribution >= 4 is 17.5 Å². The van der Waals surface area contributed by atoms with E-state index in [1.165, 1.54) is 0 Å². The molecular weight excluding hydrogens is 380 g/mol. The van der Waals surface area contributed by atoms with Crippen molar-refractivity contribution < 1.29 is 9.80 Å². The third-order valence-electron chi connectivity index (χ3n) is 6.79. The molecule has 4 saturated heterocycles. The van der Waals surface area contributed by atoms with Gasteiger partial charge in [0, 0.05) is 45.3 Å². The van der Waals surface area contributed by atoms with Gasteiger partial charge < -0.3 is 31.7 Å². The second-order valence-corrected chi connectivity index (χ2v) is 9.09. The maximum Gasteiger partial charge on any atom is 0.230 e. The Balaban J connectivity index is 1.38.